The second kappa shape index (κ2) is 7.80. The van der Waals surface area contributed by atoms with Crippen LogP contribution in [0, 0.1) is 0 Å². The number of aliphatic carboxylic acids is 1. The summed E-state index contributed by atoms with van der Waals surface area (Å²) in [5.41, 5.74) is 1.95. The molecule has 0 saturated carbocycles. The number of hydrogen-bond donors (Lipinski definition) is 1. The molecule has 3 rings (SSSR count). The standard InChI is InChI=1S/C15H21N5O3S/c1-24-10-13-16-14(23-18-13)9-19-5-2-6-20-12(8-19)7-11(17-20)3-4-15(21)22/h7H,2-6,8-10H2,1H3,(H,21,22). The molecular formula is C15H21N5O3S. The smallest absolute Gasteiger partial charge is 0.303 e. The van der Waals surface area contributed by atoms with Gasteiger partial charge >= 0.3 is 5.97 Å². The Hall–Kier alpha value is -1.87. The molecule has 24 heavy (non-hydrogen) atoms. The Balaban J connectivity index is 1.63. The molecule has 0 fully saturated rings. The van der Waals surface area contributed by atoms with E-state index in [-0.39, 0.29) is 6.42 Å². The van der Waals surface area contributed by atoms with Crippen LogP contribution in [0.15, 0.2) is 10.6 Å². The summed E-state index contributed by atoms with van der Waals surface area (Å²) in [5.74, 6) is 1.33. The van der Waals surface area contributed by atoms with Gasteiger partial charge in [0.25, 0.3) is 0 Å². The van der Waals surface area contributed by atoms with Gasteiger partial charge in [-0.05, 0) is 18.7 Å². The van der Waals surface area contributed by atoms with Gasteiger partial charge in [-0.25, -0.2) is 0 Å². The summed E-state index contributed by atoms with van der Waals surface area (Å²) in [4.78, 5) is 17.4. The minimum Gasteiger partial charge on any atom is -0.481 e. The number of aryl methyl sites for hydroxylation is 2. The molecule has 8 nitrogen and oxygen atoms in total. The van der Waals surface area contributed by atoms with E-state index < -0.39 is 5.97 Å². The highest BCUT2D eigenvalue weighted by Crippen LogP contribution is 2.17. The van der Waals surface area contributed by atoms with E-state index in [0.717, 1.165) is 49.0 Å². The molecule has 0 atom stereocenters. The lowest BCUT2D eigenvalue weighted by Gasteiger charge is -2.16. The summed E-state index contributed by atoms with van der Waals surface area (Å²) in [7, 11) is 0. The van der Waals surface area contributed by atoms with Crippen molar-refractivity contribution in [3.05, 3.63) is 29.2 Å². The molecule has 2 aromatic heterocycles. The zero-order valence-corrected chi connectivity index (χ0v) is 14.5. The van der Waals surface area contributed by atoms with Gasteiger partial charge in [0.2, 0.25) is 5.89 Å². The van der Waals surface area contributed by atoms with Crippen molar-refractivity contribution in [3.63, 3.8) is 0 Å². The van der Waals surface area contributed by atoms with Crippen LogP contribution in [0.2, 0.25) is 0 Å². The third-order valence-electron chi connectivity index (χ3n) is 3.88. The van der Waals surface area contributed by atoms with Crippen molar-refractivity contribution in [2.75, 3.05) is 12.8 Å². The summed E-state index contributed by atoms with van der Waals surface area (Å²) < 4.78 is 7.31. The number of carboxylic acids is 1. The molecule has 0 radical (unpaired) electrons. The summed E-state index contributed by atoms with van der Waals surface area (Å²) in [6.07, 6.45) is 3.57. The molecule has 130 valence electrons. The molecule has 0 saturated heterocycles. The molecular weight excluding hydrogens is 330 g/mol. The first-order valence-electron chi connectivity index (χ1n) is 7.94. The van der Waals surface area contributed by atoms with Crippen LogP contribution in [-0.2, 0) is 36.6 Å². The highest BCUT2D eigenvalue weighted by Gasteiger charge is 2.19. The maximum atomic E-state index is 10.7. The SMILES string of the molecule is CSCc1noc(CN2CCCn3nc(CCC(=O)O)cc3C2)n1. The zero-order chi connectivity index (χ0) is 16.9. The Labute approximate surface area is 144 Å². The number of carboxylic acid groups (broad SMARTS) is 1. The lowest BCUT2D eigenvalue weighted by atomic mass is 10.2. The van der Waals surface area contributed by atoms with Gasteiger partial charge in [-0.3, -0.25) is 14.4 Å². The fourth-order valence-electron chi connectivity index (χ4n) is 2.81. The van der Waals surface area contributed by atoms with Crippen molar-refractivity contribution in [2.45, 2.75) is 44.6 Å². The van der Waals surface area contributed by atoms with E-state index in [4.69, 9.17) is 9.63 Å². The number of fused-ring (bicyclic) bond motifs is 1. The quantitative estimate of drug-likeness (QED) is 0.802. The summed E-state index contributed by atoms with van der Waals surface area (Å²) >= 11 is 1.67. The molecule has 1 N–H and O–H groups in total. The van der Waals surface area contributed by atoms with E-state index in [9.17, 15) is 4.79 Å². The van der Waals surface area contributed by atoms with Gasteiger partial charge in [0.15, 0.2) is 5.82 Å². The fourth-order valence-corrected chi connectivity index (χ4v) is 3.19. The molecule has 2 aromatic rings. The Morgan fingerprint density at radius 3 is 3.12 bits per heavy atom. The average Bonchev–Trinajstić information content (AvgIpc) is 3.08. The van der Waals surface area contributed by atoms with Crippen LogP contribution >= 0.6 is 11.8 Å². The summed E-state index contributed by atoms with van der Waals surface area (Å²) in [6.45, 7) is 3.16. The van der Waals surface area contributed by atoms with Gasteiger partial charge in [0, 0.05) is 26.1 Å². The van der Waals surface area contributed by atoms with Crippen LogP contribution in [0.1, 0.15) is 35.9 Å². The highest BCUT2D eigenvalue weighted by molar-refractivity contribution is 7.97. The van der Waals surface area contributed by atoms with E-state index >= 15 is 0 Å². The Kier molecular flexibility index (Phi) is 5.52. The number of hydrogen-bond acceptors (Lipinski definition) is 7. The molecule has 1 aliphatic rings. The maximum absolute atomic E-state index is 10.7. The zero-order valence-electron chi connectivity index (χ0n) is 13.6. The van der Waals surface area contributed by atoms with Crippen LogP contribution in [0.5, 0.6) is 0 Å². The summed E-state index contributed by atoms with van der Waals surface area (Å²) in [5, 5.41) is 17.3. The van der Waals surface area contributed by atoms with Crippen LogP contribution in [-0.4, -0.2) is 48.7 Å². The minimum absolute atomic E-state index is 0.111. The first-order chi connectivity index (χ1) is 11.6. The molecule has 0 spiro atoms. The molecule has 3 heterocycles. The van der Waals surface area contributed by atoms with Crippen LogP contribution in [0.3, 0.4) is 0 Å². The first kappa shape index (κ1) is 17.0. The monoisotopic (exact) mass is 351 g/mol. The maximum Gasteiger partial charge on any atom is 0.303 e. The predicted molar refractivity (Wildman–Crippen MR) is 88.4 cm³/mol. The van der Waals surface area contributed by atoms with E-state index in [0.29, 0.717) is 18.9 Å². The fraction of sp³-hybridized carbons (Fsp3) is 0.600. The van der Waals surface area contributed by atoms with Crippen molar-refractivity contribution < 1.29 is 14.4 Å². The predicted octanol–water partition coefficient (Wildman–Crippen LogP) is 1.55. The molecule has 0 aromatic carbocycles. The van der Waals surface area contributed by atoms with Crippen molar-refractivity contribution in [3.8, 4) is 0 Å². The van der Waals surface area contributed by atoms with Gasteiger partial charge < -0.3 is 9.63 Å². The number of nitrogens with zero attached hydrogens (tertiary/aromatic N) is 5. The number of carbonyl (C=O) groups is 1. The second-order valence-electron chi connectivity index (χ2n) is 5.85. The largest absolute Gasteiger partial charge is 0.481 e. The molecule has 0 unspecified atom stereocenters. The third kappa shape index (κ3) is 4.35. The lowest BCUT2D eigenvalue weighted by molar-refractivity contribution is -0.136. The number of rotatable bonds is 7. The Morgan fingerprint density at radius 2 is 2.33 bits per heavy atom. The molecule has 0 bridgehead atoms. The van der Waals surface area contributed by atoms with Crippen LogP contribution in [0.25, 0.3) is 0 Å². The lowest BCUT2D eigenvalue weighted by Crippen LogP contribution is -2.23. The van der Waals surface area contributed by atoms with E-state index in [2.05, 4.69) is 20.1 Å². The summed E-state index contributed by atoms with van der Waals surface area (Å²) in [6, 6.07) is 2.01. The first-order valence-corrected chi connectivity index (χ1v) is 9.33. The van der Waals surface area contributed by atoms with Crippen LogP contribution < -0.4 is 0 Å². The molecule has 1 aliphatic heterocycles. The highest BCUT2D eigenvalue weighted by atomic mass is 32.2. The third-order valence-corrected chi connectivity index (χ3v) is 4.43. The Morgan fingerprint density at radius 1 is 1.46 bits per heavy atom. The normalized spacial score (nSPS) is 15.2. The molecule has 9 heteroatoms. The van der Waals surface area contributed by atoms with Gasteiger partial charge in [-0.2, -0.15) is 21.8 Å². The topological polar surface area (TPSA) is 97.3 Å². The van der Waals surface area contributed by atoms with Gasteiger partial charge in [-0.1, -0.05) is 5.16 Å². The van der Waals surface area contributed by atoms with Gasteiger partial charge in [0.05, 0.1) is 30.1 Å². The van der Waals surface area contributed by atoms with E-state index in [1.54, 1.807) is 11.8 Å². The van der Waals surface area contributed by atoms with E-state index in [1.807, 2.05) is 17.0 Å². The molecule has 0 aliphatic carbocycles. The van der Waals surface area contributed by atoms with Crippen molar-refractivity contribution in [1.82, 2.24) is 24.8 Å². The van der Waals surface area contributed by atoms with E-state index in [1.165, 1.54) is 0 Å². The van der Waals surface area contributed by atoms with Crippen molar-refractivity contribution >= 4 is 17.7 Å². The van der Waals surface area contributed by atoms with Crippen molar-refractivity contribution in [2.24, 2.45) is 0 Å². The second-order valence-corrected chi connectivity index (χ2v) is 6.71. The van der Waals surface area contributed by atoms with Crippen molar-refractivity contribution in [1.29, 1.82) is 0 Å². The van der Waals surface area contributed by atoms with Gasteiger partial charge in [-0.15, -0.1) is 0 Å². The average molecular weight is 351 g/mol. The number of thioether (sulfide) groups is 1. The minimum atomic E-state index is -0.794. The van der Waals surface area contributed by atoms with Crippen LogP contribution in [0.4, 0.5) is 0 Å². The van der Waals surface area contributed by atoms with Gasteiger partial charge in [0.1, 0.15) is 0 Å². The molecule has 0 amide bonds. The number of aromatic nitrogens is 4. The Bertz CT molecular complexity index is 699.